The van der Waals surface area contributed by atoms with Crippen molar-refractivity contribution in [1.29, 1.82) is 0 Å². The lowest BCUT2D eigenvalue weighted by Gasteiger charge is -2.09. The number of nitrogens with zero attached hydrogens (tertiary/aromatic N) is 3. The predicted molar refractivity (Wildman–Crippen MR) is 72.7 cm³/mol. The molecule has 8 heteroatoms. The average molecular weight is 280 g/mol. The van der Waals surface area contributed by atoms with E-state index < -0.39 is 4.92 Å². The Labute approximate surface area is 113 Å². The summed E-state index contributed by atoms with van der Waals surface area (Å²) in [6, 6.07) is 4.39. The second kappa shape index (κ2) is 4.69. The topological polar surface area (TPSA) is 121 Å². The van der Waals surface area contributed by atoms with Crippen LogP contribution in [-0.4, -0.2) is 14.9 Å². The Morgan fingerprint density at radius 3 is 2.58 bits per heavy atom. The first kappa shape index (κ1) is 13.0. The number of hydrogen-bond acceptors (Lipinski definition) is 6. The number of aromatic nitrogens is 2. The van der Waals surface area contributed by atoms with Crippen molar-refractivity contribution < 1.29 is 4.92 Å². The molecule has 0 radical (unpaired) electrons. The van der Waals surface area contributed by atoms with Gasteiger partial charge >= 0.3 is 0 Å². The predicted octanol–water partition coefficient (Wildman–Crippen LogP) is 2.18. The van der Waals surface area contributed by atoms with E-state index in [1.54, 1.807) is 13.0 Å². The number of aryl methyl sites for hydroxylation is 1. The summed E-state index contributed by atoms with van der Waals surface area (Å²) in [6.45, 7) is 1.70. The van der Waals surface area contributed by atoms with Crippen molar-refractivity contribution in [1.82, 2.24) is 9.97 Å². The summed E-state index contributed by atoms with van der Waals surface area (Å²) in [5.74, 6) is 0.226. The first-order valence-electron chi connectivity index (χ1n) is 5.24. The Balaban J connectivity index is 2.66. The Morgan fingerprint density at radius 2 is 2.00 bits per heavy atom. The van der Waals surface area contributed by atoms with Crippen LogP contribution in [0.1, 0.15) is 5.69 Å². The van der Waals surface area contributed by atoms with Gasteiger partial charge in [0.1, 0.15) is 10.8 Å². The van der Waals surface area contributed by atoms with Gasteiger partial charge in [0.15, 0.2) is 0 Å². The molecule has 0 amide bonds. The molecule has 0 saturated heterocycles. The molecule has 1 aromatic heterocycles. The van der Waals surface area contributed by atoms with Crippen LogP contribution in [0.25, 0.3) is 11.1 Å². The first-order chi connectivity index (χ1) is 8.90. The third kappa shape index (κ3) is 2.41. The van der Waals surface area contributed by atoms with E-state index in [4.69, 9.17) is 23.1 Å². The number of halogens is 1. The minimum Gasteiger partial charge on any atom is -0.383 e. The molecular formula is C11H10ClN5O2. The molecule has 4 N–H and O–H groups in total. The van der Waals surface area contributed by atoms with Crippen molar-refractivity contribution in [2.75, 3.05) is 11.5 Å². The van der Waals surface area contributed by atoms with Crippen molar-refractivity contribution in [3.8, 4) is 11.1 Å². The van der Waals surface area contributed by atoms with Crippen molar-refractivity contribution in [3.63, 3.8) is 0 Å². The maximum atomic E-state index is 10.9. The van der Waals surface area contributed by atoms with E-state index in [-0.39, 0.29) is 22.5 Å². The van der Waals surface area contributed by atoms with Crippen LogP contribution in [-0.2, 0) is 0 Å². The van der Waals surface area contributed by atoms with Crippen molar-refractivity contribution in [2.24, 2.45) is 0 Å². The third-order valence-electron chi connectivity index (χ3n) is 2.57. The maximum absolute atomic E-state index is 10.9. The van der Waals surface area contributed by atoms with E-state index in [1.807, 2.05) is 0 Å². The third-order valence-corrected chi connectivity index (χ3v) is 2.89. The quantitative estimate of drug-likeness (QED) is 0.642. The van der Waals surface area contributed by atoms with Gasteiger partial charge in [0.25, 0.3) is 5.69 Å². The molecule has 0 unspecified atom stereocenters. The van der Waals surface area contributed by atoms with E-state index in [1.165, 1.54) is 12.1 Å². The normalized spacial score (nSPS) is 10.4. The number of nitrogens with two attached hydrogens (primary N) is 2. The SMILES string of the molecule is Cc1nc(N)nc(N)c1-c1ccc(Cl)c([N+](=O)[O-])c1. The van der Waals surface area contributed by atoms with Crippen molar-refractivity contribution in [3.05, 3.63) is 39.0 Å². The molecular weight excluding hydrogens is 270 g/mol. The fourth-order valence-electron chi connectivity index (χ4n) is 1.78. The summed E-state index contributed by atoms with van der Waals surface area (Å²) in [6.07, 6.45) is 0. The van der Waals surface area contributed by atoms with Crippen LogP contribution in [0.5, 0.6) is 0 Å². The van der Waals surface area contributed by atoms with Crippen LogP contribution >= 0.6 is 11.6 Å². The largest absolute Gasteiger partial charge is 0.383 e. The molecule has 7 nitrogen and oxygen atoms in total. The van der Waals surface area contributed by atoms with Crippen LogP contribution < -0.4 is 11.5 Å². The van der Waals surface area contributed by atoms with Gasteiger partial charge in [-0.25, -0.2) is 4.98 Å². The lowest BCUT2D eigenvalue weighted by Crippen LogP contribution is -2.04. The molecule has 0 aliphatic carbocycles. The van der Waals surface area contributed by atoms with Crippen LogP contribution in [0.4, 0.5) is 17.5 Å². The highest BCUT2D eigenvalue weighted by Gasteiger charge is 2.17. The molecule has 2 rings (SSSR count). The molecule has 0 aliphatic rings. The fraction of sp³-hybridized carbons (Fsp3) is 0.0909. The van der Waals surface area contributed by atoms with Crippen LogP contribution in [0.2, 0.25) is 5.02 Å². The van der Waals surface area contributed by atoms with E-state index in [0.717, 1.165) is 0 Å². The zero-order valence-corrected chi connectivity index (χ0v) is 10.7. The minimum absolute atomic E-state index is 0.0568. The summed E-state index contributed by atoms with van der Waals surface area (Å²) >= 11 is 5.76. The minimum atomic E-state index is -0.560. The second-order valence-corrected chi connectivity index (χ2v) is 4.26. The monoisotopic (exact) mass is 279 g/mol. The molecule has 19 heavy (non-hydrogen) atoms. The molecule has 0 fully saturated rings. The maximum Gasteiger partial charge on any atom is 0.288 e. The molecule has 1 aromatic carbocycles. The highest BCUT2D eigenvalue weighted by molar-refractivity contribution is 6.32. The Kier molecular flexibility index (Phi) is 3.22. The van der Waals surface area contributed by atoms with Gasteiger partial charge in [-0.2, -0.15) is 4.98 Å². The molecule has 0 saturated carbocycles. The Morgan fingerprint density at radius 1 is 1.32 bits per heavy atom. The molecule has 0 bridgehead atoms. The summed E-state index contributed by atoms with van der Waals surface area (Å²) in [5, 5.41) is 10.9. The van der Waals surface area contributed by atoms with Crippen LogP contribution in [0, 0.1) is 17.0 Å². The van der Waals surface area contributed by atoms with Gasteiger partial charge in [-0.15, -0.1) is 0 Å². The van der Waals surface area contributed by atoms with Gasteiger partial charge in [-0.1, -0.05) is 17.7 Å². The molecule has 98 valence electrons. The zero-order chi connectivity index (χ0) is 14.2. The van der Waals surface area contributed by atoms with E-state index in [0.29, 0.717) is 16.8 Å². The molecule has 0 atom stereocenters. The Bertz CT molecular complexity index is 651. The van der Waals surface area contributed by atoms with E-state index >= 15 is 0 Å². The highest BCUT2D eigenvalue weighted by atomic mass is 35.5. The summed E-state index contributed by atoms with van der Waals surface area (Å²) in [7, 11) is 0. The molecule has 1 heterocycles. The van der Waals surface area contributed by atoms with Gasteiger partial charge in [0, 0.05) is 11.6 Å². The summed E-state index contributed by atoms with van der Waals surface area (Å²) < 4.78 is 0. The number of hydrogen-bond donors (Lipinski definition) is 2. The summed E-state index contributed by atoms with van der Waals surface area (Å²) in [5.41, 5.74) is 12.6. The lowest BCUT2D eigenvalue weighted by molar-refractivity contribution is -0.384. The number of nitrogen functional groups attached to an aromatic ring is 2. The van der Waals surface area contributed by atoms with Gasteiger partial charge in [0.2, 0.25) is 5.95 Å². The standard InChI is InChI=1S/C11H10ClN5O2/c1-5-9(10(13)16-11(14)15-5)6-2-3-7(12)8(4-6)17(18)19/h2-4H,1H3,(H4,13,14,15,16). The van der Waals surface area contributed by atoms with Gasteiger partial charge in [0.05, 0.1) is 10.6 Å². The number of nitro benzene ring substituents is 1. The van der Waals surface area contributed by atoms with Crippen LogP contribution in [0.15, 0.2) is 18.2 Å². The lowest BCUT2D eigenvalue weighted by atomic mass is 10.0. The van der Waals surface area contributed by atoms with Crippen molar-refractivity contribution >= 4 is 29.1 Å². The summed E-state index contributed by atoms with van der Waals surface area (Å²) in [4.78, 5) is 18.1. The molecule has 0 spiro atoms. The smallest absolute Gasteiger partial charge is 0.288 e. The number of nitro groups is 1. The highest BCUT2D eigenvalue weighted by Crippen LogP contribution is 2.33. The average Bonchev–Trinajstić information content (AvgIpc) is 2.29. The number of rotatable bonds is 2. The van der Waals surface area contributed by atoms with Gasteiger partial charge < -0.3 is 11.5 Å². The fourth-order valence-corrected chi connectivity index (χ4v) is 1.97. The molecule has 0 aliphatic heterocycles. The first-order valence-corrected chi connectivity index (χ1v) is 5.62. The van der Waals surface area contributed by atoms with E-state index in [9.17, 15) is 10.1 Å². The number of anilines is 2. The van der Waals surface area contributed by atoms with Crippen LogP contribution in [0.3, 0.4) is 0 Å². The van der Waals surface area contributed by atoms with Crippen molar-refractivity contribution in [2.45, 2.75) is 6.92 Å². The van der Waals surface area contributed by atoms with Gasteiger partial charge in [-0.3, -0.25) is 10.1 Å². The van der Waals surface area contributed by atoms with E-state index in [2.05, 4.69) is 9.97 Å². The number of benzene rings is 1. The molecule has 2 aromatic rings. The zero-order valence-electron chi connectivity index (χ0n) is 9.92. The van der Waals surface area contributed by atoms with Gasteiger partial charge in [-0.05, 0) is 18.6 Å². The Hall–Kier alpha value is -2.41. The second-order valence-electron chi connectivity index (χ2n) is 3.85.